The monoisotopic (exact) mass is 361 g/mol. The minimum Gasteiger partial charge on any atom is -0.324 e. The second-order valence-corrected chi connectivity index (χ2v) is 5.99. The predicted octanol–water partition coefficient (Wildman–Crippen LogP) is 5.14. The van der Waals surface area contributed by atoms with E-state index in [9.17, 15) is 4.39 Å². The van der Waals surface area contributed by atoms with Crippen molar-refractivity contribution < 1.29 is 4.39 Å². The van der Waals surface area contributed by atoms with Gasteiger partial charge >= 0.3 is 0 Å². The van der Waals surface area contributed by atoms with Crippen molar-refractivity contribution in [2.45, 2.75) is 12.5 Å². The van der Waals surface area contributed by atoms with Crippen LogP contribution in [0.5, 0.6) is 0 Å². The van der Waals surface area contributed by atoms with E-state index in [1.165, 1.54) is 6.07 Å². The average molecular weight is 363 g/mol. The summed E-state index contributed by atoms with van der Waals surface area (Å²) in [6.45, 7) is 0. The molecule has 0 amide bonds. The molecule has 0 heterocycles. The van der Waals surface area contributed by atoms with Crippen LogP contribution >= 0.6 is 39.1 Å². The number of halogens is 4. The zero-order valence-electron chi connectivity index (χ0n) is 9.84. The molecule has 19 heavy (non-hydrogen) atoms. The van der Waals surface area contributed by atoms with Gasteiger partial charge in [-0.15, -0.1) is 0 Å². The van der Waals surface area contributed by atoms with Crippen molar-refractivity contribution in [1.29, 1.82) is 0 Å². The third-order valence-electron chi connectivity index (χ3n) is 2.75. The van der Waals surface area contributed by atoms with Crippen molar-refractivity contribution in [3.05, 3.63) is 67.9 Å². The van der Waals surface area contributed by atoms with E-state index < -0.39 is 0 Å². The number of benzene rings is 2. The molecular formula is C14H11BrCl2FN. The van der Waals surface area contributed by atoms with Gasteiger partial charge in [-0.3, -0.25) is 0 Å². The Morgan fingerprint density at radius 1 is 1.11 bits per heavy atom. The summed E-state index contributed by atoms with van der Waals surface area (Å²) in [5.41, 5.74) is 7.93. The van der Waals surface area contributed by atoms with Crippen molar-refractivity contribution in [2.24, 2.45) is 5.73 Å². The minimum atomic E-state index is -0.289. The van der Waals surface area contributed by atoms with Gasteiger partial charge in [0.2, 0.25) is 0 Å². The van der Waals surface area contributed by atoms with Crippen LogP contribution in [0.25, 0.3) is 0 Å². The first-order valence-electron chi connectivity index (χ1n) is 5.61. The highest BCUT2D eigenvalue weighted by atomic mass is 79.9. The van der Waals surface area contributed by atoms with Gasteiger partial charge < -0.3 is 5.73 Å². The van der Waals surface area contributed by atoms with Crippen LogP contribution in [0.1, 0.15) is 17.2 Å². The van der Waals surface area contributed by atoms with Gasteiger partial charge in [-0.25, -0.2) is 4.39 Å². The summed E-state index contributed by atoms with van der Waals surface area (Å²) in [5, 5.41) is 1.11. The summed E-state index contributed by atoms with van der Waals surface area (Å²) in [6, 6.07) is 9.85. The summed E-state index contributed by atoms with van der Waals surface area (Å²) in [7, 11) is 0. The largest absolute Gasteiger partial charge is 0.324 e. The normalized spacial score (nSPS) is 12.5. The van der Waals surface area contributed by atoms with Crippen LogP contribution < -0.4 is 5.73 Å². The van der Waals surface area contributed by atoms with Crippen molar-refractivity contribution in [2.75, 3.05) is 0 Å². The molecule has 1 nitrogen and oxygen atoms in total. The smallest absolute Gasteiger partial charge is 0.137 e. The summed E-state index contributed by atoms with van der Waals surface area (Å²) in [5.74, 6) is -0.289. The van der Waals surface area contributed by atoms with E-state index >= 15 is 0 Å². The Morgan fingerprint density at radius 3 is 2.32 bits per heavy atom. The third kappa shape index (κ3) is 3.93. The fourth-order valence-corrected chi connectivity index (χ4v) is 2.80. The van der Waals surface area contributed by atoms with E-state index in [1.54, 1.807) is 30.3 Å². The lowest BCUT2D eigenvalue weighted by molar-refractivity contribution is 0.618. The molecule has 0 aromatic heterocycles. The molecule has 0 aliphatic rings. The van der Waals surface area contributed by atoms with Gasteiger partial charge in [0.1, 0.15) is 5.82 Å². The van der Waals surface area contributed by atoms with Gasteiger partial charge in [-0.05, 0) is 63.8 Å². The molecule has 0 spiro atoms. The van der Waals surface area contributed by atoms with Gasteiger partial charge in [-0.1, -0.05) is 29.3 Å². The van der Waals surface area contributed by atoms with E-state index in [2.05, 4.69) is 15.9 Å². The summed E-state index contributed by atoms with van der Waals surface area (Å²) < 4.78 is 13.6. The molecule has 0 bridgehead atoms. The topological polar surface area (TPSA) is 26.0 Å². The predicted molar refractivity (Wildman–Crippen MR) is 81.2 cm³/mol. The second kappa shape index (κ2) is 6.23. The molecule has 2 rings (SSSR count). The summed E-state index contributed by atoms with van der Waals surface area (Å²) in [6.07, 6.45) is 0.579. The maximum absolute atomic E-state index is 13.2. The molecule has 0 saturated carbocycles. The standard InChI is InChI=1S/C14H11BrCl2FN/c15-12-3-8(1-2-13(12)18)4-14(19)9-5-10(16)7-11(17)6-9/h1-3,5-7,14H,4,19H2. The molecule has 2 N–H and O–H groups in total. The van der Waals surface area contributed by atoms with Gasteiger partial charge in [0.25, 0.3) is 0 Å². The van der Waals surface area contributed by atoms with Crippen molar-refractivity contribution >= 4 is 39.1 Å². The Labute approximate surface area is 129 Å². The first-order valence-corrected chi connectivity index (χ1v) is 7.16. The number of hydrogen-bond acceptors (Lipinski definition) is 1. The van der Waals surface area contributed by atoms with Crippen LogP contribution in [0.4, 0.5) is 4.39 Å². The Morgan fingerprint density at radius 2 is 1.74 bits per heavy atom. The fraction of sp³-hybridized carbons (Fsp3) is 0.143. The fourth-order valence-electron chi connectivity index (χ4n) is 1.83. The second-order valence-electron chi connectivity index (χ2n) is 4.26. The number of rotatable bonds is 3. The van der Waals surface area contributed by atoms with Crippen molar-refractivity contribution in [1.82, 2.24) is 0 Å². The maximum atomic E-state index is 13.2. The van der Waals surface area contributed by atoms with Crippen LogP contribution in [0, 0.1) is 5.82 Å². The molecular weight excluding hydrogens is 352 g/mol. The zero-order valence-corrected chi connectivity index (χ0v) is 12.9. The Kier molecular flexibility index (Phi) is 4.85. The van der Waals surface area contributed by atoms with Crippen LogP contribution in [0.15, 0.2) is 40.9 Å². The molecule has 0 aliphatic carbocycles. The SMILES string of the molecule is NC(Cc1ccc(F)c(Br)c1)c1cc(Cl)cc(Cl)c1. The molecule has 1 atom stereocenters. The van der Waals surface area contributed by atoms with Gasteiger partial charge in [0.15, 0.2) is 0 Å². The highest BCUT2D eigenvalue weighted by Gasteiger charge is 2.10. The van der Waals surface area contributed by atoms with Gasteiger partial charge in [0, 0.05) is 16.1 Å². The molecule has 100 valence electrons. The molecule has 0 saturated heterocycles. The first kappa shape index (κ1) is 14.8. The Balaban J connectivity index is 2.20. The molecule has 1 unspecified atom stereocenters. The zero-order chi connectivity index (χ0) is 14.0. The van der Waals surface area contributed by atoms with Crippen LogP contribution in [0.2, 0.25) is 10.0 Å². The van der Waals surface area contributed by atoms with Crippen LogP contribution in [0.3, 0.4) is 0 Å². The minimum absolute atomic E-state index is 0.242. The highest BCUT2D eigenvalue weighted by Crippen LogP contribution is 2.25. The lowest BCUT2D eigenvalue weighted by Crippen LogP contribution is -2.13. The van der Waals surface area contributed by atoms with Crippen LogP contribution in [-0.2, 0) is 6.42 Å². The quantitative estimate of drug-likeness (QED) is 0.803. The van der Waals surface area contributed by atoms with Crippen molar-refractivity contribution in [3.8, 4) is 0 Å². The third-order valence-corrected chi connectivity index (χ3v) is 3.80. The molecule has 0 fully saturated rings. The van der Waals surface area contributed by atoms with E-state index in [0.717, 1.165) is 11.1 Å². The van der Waals surface area contributed by atoms with E-state index in [-0.39, 0.29) is 11.9 Å². The highest BCUT2D eigenvalue weighted by molar-refractivity contribution is 9.10. The number of nitrogens with two attached hydrogens (primary N) is 1. The number of hydrogen-bond donors (Lipinski definition) is 1. The Hall–Kier alpha value is -0.610. The van der Waals surface area contributed by atoms with E-state index in [0.29, 0.717) is 20.9 Å². The first-order chi connectivity index (χ1) is 8.95. The molecule has 0 radical (unpaired) electrons. The van der Waals surface area contributed by atoms with Gasteiger partial charge in [-0.2, -0.15) is 0 Å². The van der Waals surface area contributed by atoms with Gasteiger partial charge in [0.05, 0.1) is 4.47 Å². The molecule has 2 aromatic rings. The molecule has 2 aromatic carbocycles. The Bertz CT molecular complexity index is 584. The molecule has 0 aliphatic heterocycles. The summed E-state index contributed by atoms with van der Waals surface area (Å²) in [4.78, 5) is 0. The maximum Gasteiger partial charge on any atom is 0.137 e. The lowest BCUT2D eigenvalue weighted by Gasteiger charge is -2.13. The van der Waals surface area contributed by atoms with E-state index in [4.69, 9.17) is 28.9 Å². The molecule has 5 heteroatoms. The van der Waals surface area contributed by atoms with E-state index in [1.807, 2.05) is 0 Å². The van der Waals surface area contributed by atoms with Crippen molar-refractivity contribution in [3.63, 3.8) is 0 Å². The van der Waals surface area contributed by atoms with Crippen LogP contribution in [-0.4, -0.2) is 0 Å². The lowest BCUT2D eigenvalue weighted by atomic mass is 10.00. The average Bonchev–Trinajstić information content (AvgIpc) is 2.32. The summed E-state index contributed by atoms with van der Waals surface area (Å²) >= 11 is 15.0.